The van der Waals surface area contributed by atoms with Gasteiger partial charge in [-0.2, -0.15) is 0 Å². The molecule has 3 nitrogen and oxygen atoms in total. The number of allylic oxidation sites excluding steroid dienone is 2. The molecule has 0 aromatic heterocycles. The monoisotopic (exact) mass is 479 g/mol. The van der Waals surface area contributed by atoms with E-state index in [1.807, 2.05) is 6.92 Å². The van der Waals surface area contributed by atoms with Crippen molar-refractivity contribution < 1.29 is 9.59 Å². The van der Waals surface area contributed by atoms with Gasteiger partial charge in [0.15, 0.2) is 4.33 Å². The van der Waals surface area contributed by atoms with Crippen molar-refractivity contribution in [2.45, 2.75) is 53.6 Å². The summed E-state index contributed by atoms with van der Waals surface area (Å²) in [6.07, 6.45) is 3.88. The largest absolute Gasteiger partial charge is 0.282 e. The fourth-order valence-corrected chi connectivity index (χ4v) is 7.34. The molecular weight excluding hydrogens is 463 g/mol. The summed E-state index contributed by atoms with van der Waals surface area (Å²) in [6, 6.07) is 0. The fourth-order valence-electron chi connectivity index (χ4n) is 4.41. The molecule has 3 rings (SSSR count). The average molecular weight is 482 g/mol. The zero-order valence-electron chi connectivity index (χ0n) is 14.3. The van der Waals surface area contributed by atoms with E-state index in [0.717, 1.165) is 25.7 Å². The van der Waals surface area contributed by atoms with Crippen molar-refractivity contribution in [3.05, 3.63) is 10.1 Å². The lowest BCUT2D eigenvalue weighted by atomic mass is 9.84. The van der Waals surface area contributed by atoms with Crippen LogP contribution in [0.5, 0.6) is 0 Å². The van der Waals surface area contributed by atoms with E-state index in [9.17, 15) is 9.59 Å². The Morgan fingerprint density at radius 2 is 1.42 bits per heavy atom. The van der Waals surface area contributed by atoms with E-state index in [4.69, 9.17) is 69.6 Å². The number of carbonyl (C=O) groups is 2. The van der Waals surface area contributed by atoms with Crippen LogP contribution in [0.2, 0.25) is 0 Å². The van der Waals surface area contributed by atoms with E-state index >= 15 is 0 Å². The van der Waals surface area contributed by atoms with Gasteiger partial charge in [-0.15, -0.1) is 23.2 Å². The van der Waals surface area contributed by atoms with Crippen LogP contribution >= 0.6 is 69.6 Å². The predicted octanol–water partition coefficient (Wildman–Crippen LogP) is 5.65. The average Bonchev–Trinajstić information content (AvgIpc) is 2.97. The third-order valence-electron chi connectivity index (χ3n) is 5.98. The molecular formula is C17H19Cl6NO2. The summed E-state index contributed by atoms with van der Waals surface area (Å²) >= 11 is 38.8. The van der Waals surface area contributed by atoms with Gasteiger partial charge >= 0.3 is 0 Å². The summed E-state index contributed by atoms with van der Waals surface area (Å²) in [7, 11) is 0. The third-order valence-corrected chi connectivity index (χ3v) is 10.2. The maximum Gasteiger partial charge on any atom is 0.235 e. The molecule has 9 heteroatoms. The standard InChI is InChI=1S/C17H19Cl6NO2/c1-3-5-6-8(4-2)7-24-13(25)9-10(14(24)26)16(21)12(19)11(18)15(9,20)17(16,22)23/h8-10H,3-7H2,1-2H3/t8-,9-,10-,15-,16-/m0/s1. The maximum absolute atomic E-state index is 13.1. The first-order valence-corrected chi connectivity index (χ1v) is 11.0. The van der Waals surface area contributed by atoms with Gasteiger partial charge in [0.2, 0.25) is 11.8 Å². The lowest BCUT2D eigenvalue weighted by Crippen LogP contribution is -2.50. The van der Waals surface area contributed by atoms with E-state index in [0.29, 0.717) is 6.54 Å². The highest BCUT2D eigenvalue weighted by atomic mass is 35.5. The third kappa shape index (κ3) is 2.34. The number of nitrogens with zero attached hydrogens (tertiary/aromatic N) is 1. The molecule has 2 aliphatic carbocycles. The van der Waals surface area contributed by atoms with Crippen molar-refractivity contribution in [2.75, 3.05) is 6.54 Å². The van der Waals surface area contributed by atoms with Gasteiger partial charge in [0.25, 0.3) is 0 Å². The number of fused-ring (bicyclic) bond motifs is 5. The summed E-state index contributed by atoms with van der Waals surface area (Å²) < 4.78 is -1.86. The molecule has 1 saturated carbocycles. The summed E-state index contributed by atoms with van der Waals surface area (Å²) in [5.41, 5.74) is 0. The quantitative estimate of drug-likeness (QED) is 0.363. The minimum absolute atomic E-state index is 0.0527. The minimum atomic E-state index is -1.86. The molecule has 1 saturated heterocycles. The highest BCUT2D eigenvalue weighted by Crippen LogP contribution is 2.77. The molecule has 3 aliphatic rings. The number of carbonyl (C=O) groups excluding carboxylic acids is 2. The highest BCUT2D eigenvalue weighted by molar-refractivity contribution is 6.66. The Morgan fingerprint density at radius 3 is 1.81 bits per heavy atom. The van der Waals surface area contributed by atoms with Crippen LogP contribution in [0.15, 0.2) is 10.1 Å². The highest BCUT2D eigenvalue weighted by Gasteiger charge is 2.87. The van der Waals surface area contributed by atoms with E-state index in [1.165, 1.54) is 4.90 Å². The van der Waals surface area contributed by atoms with Crippen LogP contribution in [0, 0.1) is 17.8 Å². The molecule has 1 aliphatic heterocycles. The van der Waals surface area contributed by atoms with Gasteiger partial charge in [-0.25, -0.2) is 0 Å². The molecule has 0 aromatic carbocycles. The van der Waals surface area contributed by atoms with Gasteiger partial charge in [-0.1, -0.05) is 79.5 Å². The van der Waals surface area contributed by atoms with E-state index in [2.05, 4.69) is 6.92 Å². The molecule has 2 amide bonds. The zero-order chi connectivity index (χ0) is 19.7. The number of alkyl halides is 4. The topological polar surface area (TPSA) is 37.4 Å². The van der Waals surface area contributed by atoms with Crippen molar-refractivity contribution in [3.8, 4) is 0 Å². The van der Waals surface area contributed by atoms with Crippen molar-refractivity contribution in [2.24, 2.45) is 17.8 Å². The number of likely N-dealkylation sites (tertiary alicyclic amines) is 1. The molecule has 0 unspecified atom stereocenters. The maximum atomic E-state index is 13.1. The van der Waals surface area contributed by atoms with Gasteiger partial charge in [-0.3, -0.25) is 14.5 Å². The van der Waals surface area contributed by atoms with Crippen LogP contribution in [0.4, 0.5) is 0 Å². The van der Waals surface area contributed by atoms with Gasteiger partial charge < -0.3 is 0 Å². The Balaban J connectivity index is 1.98. The number of amides is 2. The molecule has 146 valence electrons. The first kappa shape index (κ1) is 21.3. The Kier molecular flexibility index (Phi) is 5.62. The van der Waals surface area contributed by atoms with Crippen LogP contribution < -0.4 is 0 Å². The molecule has 2 bridgehead atoms. The zero-order valence-corrected chi connectivity index (χ0v) is 18.8. The van der Waals surface area contributed by atoms with Gasteiger partial charge in [0.05, 0.1) is 21.9 Å². The van der Waals surface area contributed by atoms with E-state index < -0.39 is 37.7 Å². The lowest BCUT2D eigenvalue weighted by Gasteiger charge is -2.35. The van der Waals surface area contributed by atoms with E-state index in [1.54, 1.807) is 0 Å². The first-order valence-electron chi connectivity index (χ1n) is 8.68. The molecule has 0 aromatic rings. The van der Waals surface area contributed by atoms with Crippen molar-refractivity contribution in [1.29, 1.82) is 0 Å². The second-order valence-electron chi connectivity index (χ2n) is 7.28. The Bertz CT molecular complexity index is 649. The Hall–Kier alpha value is 0.620. The molecule has 26 heavy (non-hydrogen) atoms. The molecule has 1 heterocycles. The normalized spacial score (nSPS) is 39.2. The van der Waals surface area contributed by atoms with Gasteiger partial charge in [0.1, 0.15) is 9.75 Å². The summed E-state index contributed by atoms with van der Waals surface area (Å²) in [6.45, 7) is 4.47. The summed E-state index contributed by atoms with van der Waals surface area (Å²) in [4.78, 5) is 24.1. The second-order valence-corrected chi connectivity index (χ2v) is 10.6. The Labute approximate surface area is 183 Å². The Morgan fingerprint density at radius 1 is 0.962 bits per heavy atom. The number of unbranched alkanes of at least 4 members (excludes halogenated alkanes) is 1. The number of halogens is 6. The number of hydrogen-bond donors (Lipinski definition) is 0. The van der Waals surface area contributed by atoms with Crippen molar-refractivity contribution in [1.82, 2.24) is 4.90 Å². The molecule has 5 atom stereocenters. The molecule has 0 N–H and O–H groups in total. The van der Waals surface area contributed by atoms with Crippen LogP contribution in [-0.4, -0.2) is 37.3 Å². The van der Waals surface area contributed by atoms with Crippen LogP contribution in [0.3, 0.4) is 0 Å². The van der Waals surface area contributed by atoms with Gasteiger partial charge in [-0.05, 0) is 12.3 Å². The van der Waals surface area contributed by atoms with Crippen LogP contribution in [0.25, 0.3) is 0 Å². The van der Waals surface area contributed by atoms with Crippen molar-refractivity contribution >= 4 is 81.4 Å². The molecule has 0 spiro atoms. The number of hydrogen-bond acceptors (Lipinski definition) is 2. The van der Waals surface area contributed by atoms with Crippen molar-refractivity contribution in [3.63, 3.8) is 0 Å². The fraction of sp³-hybridized carbons (Fsp3) is 0.765. The lowest BCUT2D eigenvalue weighted by molar-refractivity contribution is -0.141. The number of imide groups is 1. The predicted molar refractivity (Wildman–Crippen MR) is 107 cm³/mol. The van der Waals surface area contributed by atoms with Gasteiger partial charge in [0, 0.05) is 6.54 Å². The SMILES string of the molecule is CCCC[C@H](CC)CN1C(=O)[C@@H]2[C@@H](C1=O)[C@]1(Cl)C(Cl)=C(Cl)[C@]2(Cl)C1(Cl)Cl. The summed E-state index contributed by atoms with van der Waals surface area (Å²) in [5, 5.41) is -0.105. The number of rotatable bonds is 6. The van der Waals surface area contributed by atoms with Crippen LogP contribution in [-0.2, 0) is 9.59 Å². The smallest absolute Gasteiger partial charge is 0.235 e. The minimum Gasteiger partial charge on any atom is -0.282 e. The summed E-state index contributed by atoms with van der Waals surface area (Å²) in [5.74, 6) is -2.70. The first-order chi connectivity index (χ1) is 12.0. The molecule has 2 fully saturated rings. The second kappa shape index (κ2) is 6.85. The van der Waals surface area contributed by atoms with E-state index in [-0.39, 0.29) is 16.0 Å². The van der Waals surface area contributed by atoms with Crippen LogP contribution in [0.1, 0.15) is 39.5 Å². The molecule has 0 radical (unpaired) electrons.